The second-order valence-corrected chi connectivity index (χ2v) is 22.4. The molecule has 1 atom stereocenters. The highest BCUT2D eigenvalue weighted by atomic mass is 19.4. The summed E-state index contributed by atoms with van der Waals surface area (Å²) in [6, 6.07) is 67.6. The molecule has 0 aliphatic heterocycles. The van der Waals surface area contributed by atoms with Gasteiger partial charge >= 0.3 is 12.4 Å². The molecule has 2 aliphatic carbocycles. The minimum Gasteiger partial charge on any atom is -0.311 e. The van der Waals surface area contributed by atoms with Crippen molar-refractivity contribution in [2.75, 3.05) is 9.80 Å². The van der Waals surface area contributed by atoms with Crippen LogP contribution in [0.15, 0.2) is 212 Å². The molecule has 0 radical (unpaired) electrons. The van der Waals surface area contributed by atoms with E-state index in [2.05, 4.69) is 163 Å². The summed E-state index contributed by atoms with van der Waals surface area (Å²) in [5, 5.41) is 2.40. The van der Waals surface area contributed by atoms with Gasteiger partial charge in [-0.1, -0.05) is 151 Å². The third-order valence-corrected chi connectivity index (χ3v) is 15.5. The van der Waals surface area contributed by atoms with Crippen molar-refractivity contribution in [3.8, 4) is 44.5 Å². The second kappa shape index (κ2) is 18.2. The topological polar surface area (TPSA) is 6.48 Å². The minimum absolute atomic E-state index is 0.114. The van der Waals surface area contributed by atoms with Crippen molar-refractivity contribution in [3.05, 3.63) is 251 Å². The molecule has 1 unspecified atom stereocenters. The first kappa shape index (κ1) is 49.5. The van der Waals surface area contributed by atoms with Gasteiger partial charge in [0.1, 0.15) is 0 Å². The van der Waals surface area contributed by atoms with Gasteiger partial charge in [-0.05, 0) is 197 Å². The van der Waals surface area contributed by atoms with Gasteiger partial charge in [0, 0.05) is 40.0 Å². The molecule has 0 fully saturated rings. The molecule has 382 valence electrons. The van der Waals surface area contributed by atoms with Crippen LogP contribution >= 0.6 is 0 Å². The van der Waals surface area contributed by atoms with Crippen molar-refractivity contribution < 1.29 is 26.3 Å². The maximum Gasteiger partial charge on any atom is 0.416 e. The van der Waals surface area contributed by atoms with E-state index in [9.17, 15) is 26.3 Å². The van der Waals surface area contributed by atoms with Crippen LogP contribution in [0.25, 0.3) is 55.3 Å². The van der Waals surface area contributed by atoms with Crippen LogP contribution in [0.5, 0.6) is 0 Å². The molecule has 10 aromatic rings. The van der Waals surface area contributed by atoms with E-state index in [1.807, 2.05) is 52.3 Å². The Morgan fingerprint density at radius 2 is 0.714 bits per heavy atom. The minimum atomic E-state index is -4.51. The molecule has 0 saturated heterocycles. The van der Waals surface area contributed by atoms with Crippen molar-refractivity contribution >= 4 is 44.9 Å². The SMILES string of the molecule is CC(C)(C)c1ccc(N(c2ccc(-c3ccc(N(c4ccc(C(C)(C)C)cc4)c4ccc(C(F)(F)F)cc4)cc3C3c4ccccc4-c4c3cc3c5c(cccc45)-c4ccccc4-3)cc2)c2ccc(C(F)(F)F)cc2)cc1. The van der Waals surface area contributed by atoms with Gasteiger partial charge in [0.05, 0.1) is 11.1 Å². The maximum absolute atomic E-state index is 14.1. The Balaban J connectivity index is 1.07. The third-order valence-electron chi connectivity index (χ3n) is 15.5. The molecule has 0 spiro atoms. The standard InChI is InChI=1S/C69H54F6N2/c1-66(2,3)43-20-30-48(31-21-43)76(49-34-24-45(25-35-49)68(70,71)72)47-28-18-42(19-29-47)53-39-38-52(77(50-32-22-44(23-33-50)67(4,5)6)51-36-26-46(27-37-51)69(73,74)75)40-60(53)65-58-15-10-9-14-57(58)64-59-17-11-16-56-54-12-7-8-13-55(54)61(63(56)59)41-62(64)65/h7-41,65H,1-6H3. The Hall–Kier alpha value is -8.36. The van der Waals surface area contributed by atoms with Crippen LogP contribution in [0.3, 0.4) is 0 Å². The Labute approximate surface area is 445 Å². The molecule has 0 bridgehead atoms. The Kier molecular flexibility index (Phi) is 11.7. The number of anilines is 6. The number of benzene rings is 10. The van der Waals surface area contributed by atoms with Crippen LogP contribution < -0.4 is 9.80 Å². The molecule has 2 nitrogen and oxygen atoms in total. The average molecular weight is 1030 g/mol. The van der Waals surface area contributed by atoms with E-state index in [4.69, 9.17) is 0 Å². The molecule has 0 heterocycles. The van der Waals surface area contributed by atoms with Gasteiger partial charge in [-0.15, -0.1) is 0 Å². The highest BCUT2D eigenvalue weighted by Crippen LogP contribution is 2.58. The van der Waals surface area contributed by atoms with Crippen LogP contribution in [0.2, 0.25) is 0 Å². The van der Waals surface area contributed by atoms with Gasteiger partial charge in [0.25, 0.3) is 0 Å². The van der Waals surface area contributed by atoms with Gasteiger partial charge in [-0.25, -0.2) is 0 Å². The van der Waals surface area contributed by atoms with Gasteiger partial charge in [0.2, 0.25) is 0 Å². The van der Waals surface area contributed by atoms with E-state index in [0.717, 1.165) is 91.5 Å². The van der Waals surface area contributed by atoms with Crippen molar-refractivity contribution in [1.29, 1.82) is 0 Å². The summed E-state index contributed by atoms with van der Waals surface area (Å²) in [4.78, 5) is 4.00. The molecule has 2 aliphatic rings. The molecule has 77 heavy (non-hydrogen) atoms. The van der Waals surface area contributed by atoms with E-state index in [1.54, 1.807) is 0 Å². The molecule has 0 aromatic heterocycles. The fourth-order valence-corrected chi connectivity index (χ4v) is 11.6. The Morgan fingerprint density at radius 3 is 1.19 bits per heavy atom. The fourth-order valence-electron chi connectivity index (χ4n) is 11.6. The van der Waals surface area contributed by atoms with Crippen LogP contribution in [0.4, 0.5) is 60.5 Å². The van der Waals surface area contributed by atoms with E-state index in [-0.39, 0.29) is 16.7 Å². The zero-order chi connectivity index (χ0) is 53.8. The number of hydrogen-bond donors (Lipinski definition) is 0. The fraction of sp³-hybridized carbons (Fsp3) is 0.159. The Bertz CT molecular complexity index is 3760. The molecular weight excluding hydrogens is 971 g/mol. The molecule has 0 amide bonds. The number of nitrogens with zero attached hydrogens (tertiary/aromatic N) is 2. The lowest BCUT2D eigenvalue weighted by atomic mass is 9.82. The maximum atomic E-state index is 14.1. The van der Waals surface area contributed by atoms with Crippen molar-refractivity contribution in [1.82, 2.24) is 0 Å². The van der Waals surface area contributed by atoms with Crippen LogP contribution in [0.1, 0.15) is 86.4 Å². The average Bonchev–Trinajstić information content (AvgIpc) is 4.18. The van der Waals surface area contributed by atoms with Crippen LogP contribution in [-0.2, 0) is 23.2 Å². The lowest BCUT2D eigenvalue weighted by Gasteiger charge is -2.29. The molecule has 12 rings (SSSR count). The summed E-state index contributed by atoms with van der Waals surface area (Å²) in [5.41, 5.74) is 17.0. The number of fused-ring (bicyclic) bond motifs is 7. The van der Waals surface area contributed by atoms with E-state index < -0.39 is 23.5 Å². The highest BCUT2D eigenvalue weighted by molar-refractivity contribution is 6.20. The number of hydrogen-bond acceptors (Lipinski definition) is 2. The van der Waals surface area contributed by atoms with Crippen molar-refractivity contribution in [2.24, 2.45) is 0 Å². The van der Waals surface area contributed by atoms with Gasteiger partial charge in [-0.2, -0.15) is 26.3 Å². The molecular formula is C69H54F6N2. The largest absolute Gasteiger partial charge is 0.416 e. The summed E-state index contributed by atoms with van der Waals surface area (Å²) < 4.78 is 84.1. The predicted octanol–water partition coefficient (Wildman–Crippen LogP) is 20.9. The van der Waals surface area contributed by atoms with Crippen LogP contribution in [-0.4, -0.2) is 0 Å². The van der Waals surface area contributed by atoms with Crippen molar-refractivity contribution in [2.45, 2.75) is 70.6 Å². The normalized spacial score (nSPS) is 13.8. The predicted molar refractivity (Wildman–Crippen MR) is 303 cm³/mol. The smallest absolute Gasteiger partial charge is 0.311 e. The Morgan fingerprint density at radius 1 is 0.312 bits per heavy atom. The first-order chi connectivity index (χ1) is 36.7. The summed E-state index contributed by atoms with van der Waals surface area (Å²) in [6.45, 7) is 12.9. The first-order valence-electron chi connectivity index (χ1n) is 25.9. The van der Waals surface area contributed by atoms with Crippen LogP contribution in [0, 0.1) is 0 Å². The quantitative estimate of drug-likeness (QED) is 0.140. The number of rotatable bonds is 8. The summed E-state index contributed by atoms with van der Waals surface area (Å²) in [6.07, 6.45) is -9.00. The second-order valence-electron chi connectivity index (χ2n) is 22.4. The lowest BCUT2D eigenvalue weighted by molar-refractivity contribution is -0.138. The lowest BCUT2D eigenvalue weighted by Crippen LogP contribution is -2.14. The number of alkyl halides is 6. The van der Waals surface area contributed by atoms with E-state index in [0.29, 0.717) is 11.4 Å². The van der Waals surface area contributed by atoms with Gasteiger partial charge in [0.15, 0.2) is 0 Å². The number of halogens is 6. The van der Waals surface area contributed by atoms with Crippen molar-refractivity contribution in [3.63, 3.8) is 0 Å². The molecule has 10 aromatic carbocycles. The van der Waals surface area contributed by atoms with E-state index >= 15 is 0 Å². The molecule has 8 heteroatoms. The molecule has 0 N–H and O–H groups in total. The zero-order valence-electron chi connectivity index (χ0n) is 43.4. The van der Waals surface area contributed by atoms with Gasteiger partial charge in [-0.3, -0.25) is 0 Å². The monoisotopic (exact) mass is 1020 g/mol. The highest BCUT2D eigenvalue weighted by Gasteiger charge is 2.37. The first-order valence-corrected chi connectivity index (χ1v) is 25.9. The summed E-state index contributed by atoms with van der Waals surface area (Å²) in [5.74, 6) is -0.282. The third kappa shape index (κ3) is 8.74. The summed E-state index contributed by atoms with van der Waals surface area (Å²) in [7, 11) is 0. The summed E-state index contributed by atoms with van der Waals surface area (Å²) >= 11 is 0. The van der Waals surface area contributed by atoms with E-state index in [1.165, 1.54) is 62.9 Å². The molecule has 0 saturated carbocycles. The van der Waals surface area contributed by atoms with Gasteiger partial charge < -0.3 is 9.80 Å². The zero-order valence-corrected chi connectivity index (χ0v) is 43.4.